The molecule has 0 spiro atoms. The number of hydrogen-bond acceptors (Lipinski definition) is 7. The van der Waals surface area contributed by atoms with Crippen LogP contribution in [0.1, 0.15) is 6.92 Å². The van der Waals surface area contributed by atoms with Gasteiger partial charge >= 0.3 is 6.09 Å². The predicted molar refractivity (Wildman–Crippen MR) is 122 cm³/mol. The highest BCUT2D eigenvalue weighted by Crippen LogP contribution is 2.29. The molecule has 0 bridgehead atoms. The molecule has 0 radical (unpaired) electrons. The third-order valence-corrected chi connectivity index (χ3v) is 5.99. The molecule has 1 aromatic carbocycles. The summed E-state index contributed by atoms with van der Waals surface area (Å²) in [5, 5.41) is 0. The second kappa shape index (κ2) is 9.46. The molecule has 3 heterocycles. The molecule has 0 N–H and O–H groups in total. The number of carbonyl (C=O) groups is 3. The Morgan fingerprint density at radius 1 is 1.21 bits per heavy atom. The number of aromatic nitrogens is 2. The van der Waals surface area contributed by atoms with Crippen molar-refractivity contribution in [2.24, 2.45) is 0 Å². The highest BCUT2D eigenvalue weighted by molar-refractivity contribution is 5.90. The second-order valence-electron chi connectivity index (χ2n) is 8.03. The number of piperazine rings is 1. The van der Waals surface area contributed by atoms with Gasteiger partial charge in [0.15, 0.2) is 6.23 Å². The Bertz CT molecular complexity index is 1120. The number of hydrogen-bond donors (Lipinski definition) is 0. The lowest BCUT2D eigenvalue weighted by Crippen LogP contribution is -2.48. The molecule has 10 nitrogen and oxygen atoms in total. The molecule has 0 unspecified atom stereocenters. The zero-order valence-corrected chi connectivity index (χ0v) is 19.0. The second-order valence-corrected chi connectivity index (χ2v) is 8.03. The summed E-state index contributed by atoms with van der Waals surface area (Å²) in [7, 11) is 1.54. The van der Waals surface area contributed by atoms with Gasteiger partial charge < -0.3 is 19.4 Å². The average Bonchev–Trinajstić information content (AvgIpc) is 3.24. The maximum atomic E-state index is 15.0. The standard InChI is InChI=1S/C23H25FN6O4/c1-4-20(32)28-7-9-29(10-8-28)22-25-12-16(13-26-22)18-6-5-17(11-19(18)24)30-14-21(34-23(30)33)27(3)15(2)31/h4-6,11-13,21H,1,7-10,14H2,2-3H3/t21-/m0/s1. The Labute approximate surface area is 196 Å². The third-order valence-electron chi connectivity index (χ3n) is 5.99. The van der Waals surface area contributed by atoms with Gasteiger partial charge in [0.05, 0.1) is 12.2 Å². The van der Waals surface area contributed by atoms with E-state index in [1.807, 2.05) is 4.90 Å². The van der Waals surface area contributed by atoms with Crippen LogP contribution in [0.15, 0.2) is 43.2 Å². The molecular weight excluding hydrogens is 443 g/mol. The summed E-state index contributed by atoms with van der Waals surface area (Å²) in [6.07, 6.45) is 3.02. The summed E-state index contributed by atoms with van der Waals surface area (Å²) in [6, 6.07) is 4.41. The third kappa shape index (κ3) is 4.54. The molecule has 0 aliphatic carbocycles. The van der Waals surface area contributed by atoms with E-state index in [0.29, 0.717) is 48.9 Å². The molecule has 178 valence electrons. The lowest BCUT2D eigenvalue weighted by Gasteiger charge is -2.34. The summed E-state index contributed by atoms with van der Waals surface area (Å²) in [4.78, 5) is 50.5. The van der Waals surface area contributed by atoms with E-state index in [1.54, 1.807) is 29.4 Å². The van der Waals surface area contributed by atoms with Gasteiger partial charge in [-0.3, -0.25) is 14.5 Å². The molecule has 2 fully saturated rings. The number of carbonyl (C=O) groups excluding carboxylic acids is 3. The van der Waals surface area contributed by atoms with Crippen LogP contribution in [0, 0.1) is 5.82 Å². The predicted octanol–water partition coefficient (Wildman–Crippen LogP) is 1.88. The van der Waals surface area contributed by atoms with Crippen LogP contribution in [0.4, 0.5) is 20.8 Å². The van der Waals surface area contributed by atoms with Crippen molar-refractivity contribution < 1.29 is 23.5 Å². The van der Waals surface area contributed by atoms with Gasteiger partial charge in [-0.25, -0.2) is 19.2 Å². The number of ether oxygens (including phenoxy) is 1. The zero-order valence-electron chi connectivity index (χ0n) is 19.0. The molecule has 2 aliphatic heterocycles. The van der Waals surface area contributed by atoms with E-state index >= 15 is 0 Å². The number of rotatable bonds is 5. The van der Waals surface area contributed by atoms with E-state index in [0.717, 1.165) is 0 Å². The first-order valence-corrected chi connectivity index (χ1v) is 10.8. The summed E-state index contributed by atoms with van der Waals surface area (Å²) >= 11 is 0. The largest absolute Gasteiger partial charge is 0.423 e. The van der Waals surface area contributed by atoms with E-state index in [1.165, 1.54) is 35.9 Å². The molecular formula is C23H25FN6O4. The van der Waals surface area contributed by atoms with E-state index in [4.69, 9.17) is 4.74 Å². The minimum Gasteiger partial charge on any atom is -0.423 e. The number of nitrogens with zero attached hydrogens (tertiary/aromatic N) is 6. The van der Waals surface area contributed by atoms with Gasteiger partial charge in [0.1, 0.15) is 5.82 Å². The summed E-state index contributed by atoms with van der Waals surface area (Å²) in [5.41, 5.74) is 1.11. The number of benzene rings is 1. The number of anilines is 2. The van der Waals surface area contributed by atoms with Crippen molar-refractivity contribution in [1.82, 2.24) is 19.8 Å². The topological polar surface area (TPSA) is 99.2 Å². The highest BCUT2D eigenvalue weighted by Gasteiger charge is 2.36. The van der Waals surface area contributed by atoms with Crippen molar-refractivity contribution in [3.63, 3.8) is 0 Å². The Kier molecular flexibility index (Phi) is 6.44. The van der Waals surface area contributed by atoms with Crippen LogP contribution in [0.2, 0.25) is 0 Å². The van der Waals surface area contributed by atoms with Gasteiger partial charge in [0, 0.05) is 63.7 Å². The Morgan fingerprint density at radius 3 is 2.47 bits per heavy atom. The Hall–Kier alpha value is -4.02. The quantitative estimate of drug-likeness (QED) is 0.618. The van der Waals surface area contributed by atoms with Gasteiger partial charge in [-0.05, 0) is 24.3 Å². The van der Waals surface area contributed by atoms with Crippen LogP contribution in [-0.2, 0) is 14.3 Å². The van der Waals surface area contributed by atoms with Crippen LogP contribution in [0.3, 0.4) is 0 Å². The maximum absolute atomic E-state index is 15.0. The monoisotopic (exact) mass is 468 g/mol. The fraction of sp³-hybridized carbons (Fsp3) is 0.348. The molecule has 34 heavy (non-hydrogen) atoms. The van der Waals surface area contributed by atoms with Crippen molar-refractivity contribution in [2.75, 3.05) is 49.6 Å². The van der Waals surface area contributed by atoms with Crippen molar-refractivity contribution in [1.29, 1.82) is 0 Å². The summed E-state index contributed by atoms with van der Waals surface area (Å²) in [6.45, 7) is 7.27. The minimum absolute atomic E-state index is 0.0987. The number of likely N-dealkylation sites (N-methyl/N-ethyl adjacent to an activating group) is 1. The molecule has 1 atom stereocenters. The normalized spacial score (nSPS) is 18.0. The fourth-order valence-corrected chi connectivity index (χ4v) is 3.85. The molecule has 2 saturated heterocycles. The molecule has 3 amide bonds. The summed E-state index contributed by atoms with van der Waals surface area (Å²) < 4.78 is 20.2. The van der Waals surface area contributed by atoms with Gasteiger partial charge in [-0.2, -0.15) is 0 Å². The minimum atomic E-state index is -0.731. The van der Waals surface area contributed by atoms with Crippen molar-refractivity contribution in [2.45, 2.75) is 13.2 Å². The van der Waals surface area contributed by atoms with Crippen LogP contribution < -0.4 is 9.80 Å². The van der Waals surface area contributed by atoms with Gasteiger partial charge in [-0.15, -0.1) is 0 Å². The molecule has 11 heteroatoms. The number of halogens is 1. The number of cyclic esters (lactones) is 1. The average molecular weight is 468 g/mol. The maximum Gasteiger partial charge on any atom is 0.416 e. The molecule has 2 aliphatic rings. The van der Waals surface area contributed by atoms with Gasteiger partial charge in [0.2, 0.25) is 17.8 Å². The smallest absolute Gasteiger partial charge is 0.416 e. The zero-order chi connectivity index (χ0) is 24.4. The number of amides is 3. The van der Waals surface area contributed by atoms with Crippen LogP contribution >= 0.6 is 0 Å². The first kappa shape index (κ1) is 23.1. The molecule has 1 aromatic heterocycles. The molecule has 4 rings (SSSR count). The van der Waals surface area contributed by atoms with Gasteiger partial charge in [0.25, 0.3) is 0 Å². The first-order chi connectivity index (χ1) is 16.3. The Balaban J connectivity index is 1.44. The SMILES string of the molecule is C=CC(=O)N1CCN(c2ncc(-c3ccc(N4C[C@@H](N(C)C(C)=O)OC4=O)cc3F)cn2)CC1. The van der Waals surface area contributed by atoms with Crippen LogP contribution in [0.25, 0.3) is 11.1 Å². The summed E-state index contributed by atoms with van der Waals surface area (Å²) in [5.74, 6) is -0.372. The Morgan fingerprint density at radius 2 is 1.88 bits per heavy atom. The van der Waals surface area contributed by atoms with Crippen molar-refractivity contribution in [3.05, 3.63) is 49.1 Å². The van der Waals surface area contributed by atoms with E-state index < -0.39 is 18.1 Å². The van der Waals surface area contributed by atoms with Crippen LogP contribution in [-0.4, -0.2) is 83.7 Å². The van der Waals surface area contributed by atoms with Crippen LogP contribution in [0.5, 0.6) is 0 Å². The fourth-order valence-electron chi connectivity index (χ4n) is 3.85. The first-order valence-electron chi connectivity index (χ1n) is 10.8. The van der Waals surface area contributed by atoms with E-state index in [9.17, 15) is 18.8 Å². The van der Waals surface area contributed by atoms with Crippen molar-refractivity contribution in [3.8, 4) is 11.1 Å². The lowest BCUT2D eigenvalue weighted by atomic mass is 10.1. The van der Waals surface area contributed by atoms with E-state index in [2.05, 4.69) is 16.5 Å². The molecule has 0 saturated carbocycles. The van der Waals surface area contributed by atoms with E-state index in [-0.39, 0.29) is 18.4 Å². The van der Waals surface area contributed by atoms with Gasteiger partial charge in [-0.1, -0.05) is 6.58 Å². The highest BCUT2D eigenvalue weighted by atomic mass is 19.1. The lowest BCUT2D eigenvalue weighted by molar-refractivity contribution is -0.134. The van der Waals surface area contributed by atoms with Crippen molar-refractivity contribution >= 4 is 29.5 Å². The molecule has 2 aromatic rings.